The maximum absolute atomic E-state index is 12.3. The van der Waals surface area contributed by atoms with Crippen molar-refractivity contribution in [3.8, 4) is 0 Å². The molecule has 1 heterocycles. The first-order chi connectivity index (χ1) is 11.0. The molecule has 2 N–H and O–H groups in total. The van der Waals surface area contributed by atoms with E-state index in [1.807, 2.05) is 24.4 Å². The quantitative estimate of drug-likeness (QED) is 0.661. The van der Waals surface area contributed by atoms with Gasteiger partial charge in [-0.25, -0.2) is 13.1 Å². The molecule has 4 nitrogen and oxygen atoms in total. The molecule has 0 bridgehead atoms. The fourth-order valence-electron chi connectivity index (χ4n) is 2.40. The second-order valence-electron chi connectivity index (χ2n) is 5.11. The van der Waals surface area contributed by atoms with Crippen LogP contribution >= 0.6 is 27.5 Å². The van der Waals surface area contributed by atoms with Crippen molar-refractivity contribution in [2.24, 2.45) is 0 Å². The average molecular weight is 414 g/mol. The van der Waals surface area contributed by atoms with E-state index in [1.165, 1.54) is 0 Å². The van der Waals surface area contributed by atoms with E-state index in [2.05, 4.69) is 25.6 Å². The summed E-state index contributed by atoms with van der Waals surface area (Å²) in [5.41, 5.74) is 2.01. The molecule has 0 saturated heterocycles. The van der Waals surface area contributed by atoms with E-state index in [-0.39, 0.29) is 4.90 Å². The molecule has 23 heavy (non-hydrogen) atoms. The van der Waals surface area contributed by atoms with Crippen LogP contribution in [0.2, 0.25) is 5.02 Å². The van der Waals surface area contributed by atoms with Crippen molar-refractivity contribution >= 4 is 48.5 Å². The monoisotopic (exact) mass is 412 g/mol. The lowest BCUT2D eigenvalue weighted by Gasteiger charge is -2.07. The summed E-state index contributed by atoms with van der Waals surface area (Å²) in [4.78, 5) is 3.40. The Morgan fingerprint density at radius 1 is 1.17 bits per heavy atom. The van der Waals surface area contributed by atoms with Crippen LogP contribution in [0.4, 0.5) is 0 Å². The van der Waals surface area contributed by atoms with Crippen molar-refractivity contribution in [2.75, 3.05) is 6.54 Å². The molecular weight excluding hydrogens is 400 g/mol. The van der Waals surface area contributed by atoms with Gasteiger partial charge in [0.15, 0.2) is 0 Å². The molecule has 0 radical (unpaired) electrons. The first kappa shape index (κ1) is 16.5. The smallest absolute Gasteiger partial charge is 0.240 e. The van der Waals surface area contributed by atoms with Crippen molar-refractivity contribution in [3.63, 3.8) is 0 Å². The van der Waals surface area contributed by atoms with Gasteiger partial charge < -0.3 is 4.98 Å². The highest BCUT2D eigenvalue weighted by molar-refractivity contribution is 9.10. The average Bonchev–Trinajstić information content (AvgIpc) is 2.90. The number of hydrogen-bond acceptors (Lipinski definition) is 2. The minimum atomic E-state index is -3.51. The number of hydrogen-bond donors (Lipinski definition) is 2. The van der Waals surface area contributed by atoms with Gasteiger partial charge in [0, 0.05) is 33.1 Å². The molecule has 0 unspecified atom stereocenters. The lowest BCUT2D eigenvalue weighted by molar-refractivity contribution is 0.581. The maximum atomic E-state index is 12.3. The molecule has 0 fully saturated rings. The Bertz CT molecular complexity index is 954. The lowest BCUT2D eigenvalue weighted by Crippen LogP contribution is -2.25. The third kappa shape index (κ3) is 3.77. The number of benzene rings is 2. The minimum Gasteiger partial charge on any atom is -0.361 e. The molecular formula is C16H14BrClN2O2S. The summed E-state index contributed by atoms with van der Waals surface area (Å²) in [7, 11) is -3.51. The maximum Gasteiger partial charge on any atom is 0.240 e. The summed E-state index contributed by atoms with van der Waals surface area (Å²) < 4.78 is 27.9. The van der Waals surface area contributed by atoms with Gasteiger partial charge >= 0.3 is 0 Å². The van der Waals surface area contributed by atoms with Crippen LogP contribution < -0.4 is 4.72 Å². The van der Waals surface area contributed by atoms with Gasteiger partial charge in [-0.2, -0.15) is 0 Å². The van der Waals surface area contributed by atoms with Gasteiger partial charge in [0.1, 0.15) is 0 Å². The molecule has 7 heteroatoms. The molecule has 2 aromatic carbocycles. The largest absolute Gasteiger partial charge is 0.361 e. The van der Waals surface area contributed by atoms with Crippen molar-refractivity contribution in [1.82, 2.24) is 9.71 Å². The summed E-state index contributed by atoms with van der Waals surface area (Å²) >= 11 is 9.30. The topological polar surface area (TPSA) is 62.0 Å². The summed E-state index contributed by atoms with van der Waals surface area (Å²) in [5.74, 6) is 0. The number of aromatic amines is 1. The second-order valence-corrected chi connectivity index (χ2v) is 8.23. The number of rotatable bonds is 5. The van der Waals surface area contributed by atoms with Crippen LogP contribution in [0.15, 0.2) is 58.0 Å². The van der Waals surface area contributed by atoms with Crippen molar-refractivity contribution < 1.29 is 8.42 Å². The number of fused-ring (bicyclic) bond motifs is 1. The fraction of sp³-hybridized carbons (Fsp3) is 0.125. The minimum absolute atomic E-state index is 0.244. The summed E-state index contributed by atoms with van der Waals surface area (Å²) in [5, 5.41) is 1.67. The third-order valence-electron chi connectivity index (χ3n) is 3.52. The van der Waals surface area contributed by atoms with Crippen LogP contribution in [-0.4, -0.2) is 19.9 Å². The Morgan fingerprint density at radius 2 is 2.00 bits per heavy atom. The standard InChI is InChI=1S/C16H14BrClN2O2S/c17-12-2-1-3-14(8-12)23(21,22)20-7-6-11-10-19-16-5-4-13(18)9-15(11)16/h1-5,8-10,19-20H,6-7H2. The van der Waals surface area contributed by atoms with Crippen LogP contribution in [0.3, 0.4) is 0 Å². The predicted octanol–water partition coefficient (Wildman–Crippen LogP) is 4.10. The first-order valence-electron chi connectivity index (χ1n) is 6.96. The van der Waals surface area contributed by atoms with E-state index in [0.29, 0.717) is 18.0 Å². The molecule has 0 saturated carbocycles. The number of H-pyrrole nitrogens is 1. The van der Waals surface area contributed by atoms with Gasteiger partial charge in [-0.15, -0.1) is 0 Å². The van der Waals surface area contributed by atoms with E-state index in [4.69, 9.17) is 11.6 Å². The van der Waals surface area contributed by atoms with Crippen LogP contribution in [0.25, 0.3) is 10.9 Å². The van der Waals surface area contributed by atoms with Gasteiger partial charge in [-0.1, -0.05) is 33.6 Å². The zero-order chi connectivity index (χ0) is 16.4. The van der Waals surface area contributed by atoms with E-state index in [9.17, 15) is 8.42 Å². The fourth-order valence-corrected chi connectivity index (χ4v) is 4.20. The Kier molecular flexibility index (Phi) is 4.77. The van der Waals surface area contributed by atoms with Gasteiger partial charge in [0.05, 0.1) is 4.90 Å². The molecule has 0 amide bonds. The van der Waals surface area contributed by atoms with E-state index >= 15 is 0 Å². The van der Waals surface area contributed by atoms with E-state index in [1.54, 1.807) is 24.3 Å². The second kappa shape index (κ2) is 6.65. The molecule has 0 spiro atoms. The number of aromatic nitrogens is 1. The zero-order valence-electron chi connectivity index (χ0n) is 12.0. The molecule has 0 aliphatic carbocycles. The zero-order valence-corrected chi connectivity index (χ0v) is 15.2. The normalized spacial score (nSPS) is 11.9. The Labute approximate surface area is 148 Å². The van der Waals surface area contributed by atoms with E-state index in [0.717, 1.165) is 20.9 Å². The lowest BCUT2D eigenvalue weighted by atomic mass is 10.1. The number of sulfonamides is 1. The van der Waals surface area contributed by atoms with Crippen LogP contribution in [0.5, 0.6) is 0 Å². The van der Waals surface area contributed by atoms with Crippen LogP contribution in [0, 0.1) is 0 Å². The van der Waals surface area contributed by atoms with Crippen molar-refractivity contribution in [3.05, 3.63) is 63.7 Å². The predicted molar refractivity (Wildman–Crippen MR) is 96.3 cm³/mol. The van der Waals surface area contributed by atoms with Gasteiger partial charge in [-0.05, 0) is 48.4 Å². The van der Waals surface area contributed by atoms with Gasteiger partial charge in [-0.3, -0.25) is 0 Å². The summed E-state index contributed by atoms with van der Waals surface area (Å²) in [6.07, 6.45) is 2.46. The molecule has 3 rings (SSSR count). The first-order valence-corrected chi connectivity index (χ1v) is 9.62. The van der Waals surface area contributed by atoms with Crippen molar-refractivity contribution in [2.45, 2.75) is 11.3 Å². The summed E-state index contributed by atoms with van der Waals surface area (Å²) in [6.45, 7) is 0.314. The Hall–Kier alpha value is -1.34. The number of nitrogens with one attached hydrogen (secondary N) is 2. The highest BCUT2D eigenvalue weighted by atomic mass is 79.9. The molecule has 0 aliphatic heterocycles. The van der Waals surface area contributed by atoms with E-state index < -0.39 is 10.0 Å². The number of halogens is 2. The van der Waals surface area contributed by atoms with Crippen LogP contribution in [-0.2, 0) is 16.4 Å². The summed E-state index contributed by atoms with van der Waals surface area (Å²) in [6, 6.07) is 12.2. The van der Waals surface area contributed by atoms with Gasteiger partial charge in [0.25, 0.3) is 0 Å². The SMILES string of the molecule is O=S(=O)(NCCc1c[nH]c2ccc(Cl)cc12)c1cccc(Br)c1. The van der Waals surface area contributed by atoms with Crippen LogP contribution in [0.1, 0.15) is 5.56 Å². The van der Waals surface area contributed by atoms with Crippen molar-refractivity contribution in [1.29, 1.82) is 0 Å². The Balaban J connectivity index is 1.72. The molecule has 1 aromatic heterocycles. The highest BCUT2D eigenvalue weighted by Crippen LogP contribution is 2.22. The highest BCUT2D eigenvalue weighted by Gasteiger charge is 2.14. The molecule has 3 aromatic rings. The molecule has 0 aliphatic rings. The Morgan fingerprint density at radius 3 is 2.78 bits per heavy atom. The molecule has 120 valence electrons. The van der Waals surface area contributed by atoms with Gasteiger partial charge in [0.2, 0.25) is 10.0 Å². The third-order valence-corrected chi connectivity index (χ3v) is 5.71. The molecule has 0 atom stereocenters.